The van der Waals surface area contributed by atoms with E-state index in [1.165, 1.54) is 0 Å². The molecule has 1 N–H and O–H groups in total. The third-order valence-electron chi connectivity index (χ3n) is 2.49. The molecule has 17 heavy (non-hydrogen) atoms. The molecule has 2 rings (SSSR count). The topological polar surface area (TPSA) is 29.1 Å². The zero-order valence-electron chi connectivity index (χ0n) is 9.32. The molecule has 0 spiro atoms. The largest absolute Gasteiger partial charge is 0.351 e. The van der Waals surface area contributed by atoms with Gasteiger partial charge in [-0.25, -0.2) is 0 Å². The molecule has 1 saturated heterocycles. The van der Waals surface area contributed by atoms with Gasteiger partial charge < -0.3 is 5.32 Å². The zero-order valence-corrected chi connectivity index (χ0v) is 11.7. The molecular formula is C12H14ClNOS2. The second-order valence-electron chi connectivity index (χ2n) is 3.78. The number of thioether (sulfide) groups is 2. The van der Waals surface area contributed by atoms with Gasteiger partial charge in [0.25, 0.3) is 0 Å². The number of benzene rings is 1. The second-order valence-corrected chi connectivity index (χ2v) is 6.68. The lowest BCUT2D eigenvalue weighted by molar-refractivity contribution is -0.120. The van der Waals surface area contributed by atoms with Gasteiger partial charge in [0.05, 0.1) is 5.25 Å². The van der Waals surface area contributed by atoms with Crippen LogP contribution < -0.4 is 5.32 Å². The number of hydrogen-bond donors (Lipinski definition) is 1. The van der Waals surface area contributed by atoms with Gasteiger partial charge in [0, 0.05) is 28.8 Å². The van der Waals surface area contributed by atoms with Crippen molar-refractivity contribution in [2.45, 2.75) is 11.8 Å². The highest BCUT2D eigenvalue weighted by Crippen LogP contribution is 2.24. The fraction of sp³-hybridized carbons (Fsp3) is 0.417. The van der Waals surface area contributed by atoms with E-state index in [1.54, 1.807) is 11.8 Å². The summed E-state index contributed by atoms with van der Waals surface area (Å²) in [6.07, 6.45) is 0. The predicted octanol–water partition coefficient (Wildman–Crippen LogP) is 2.80. The molecule has 5 heteroatoms. The number of rotatable bonds is 3. The molecule has 0 saturated carbocycles. The Kier molecular flexibility index (Phi) is 5.07. The van der Waals surface area contributed by atoms with E-state index in [1.807, 2.05) is 36.0 Å². The van der Waals surface area contributed by atoms with Crippen LogP contribution in [0, 0.1) is 0 Å². The molecular weight excluding hydrogens is 274 g/mol. The minimum Gasteiger partial charge on any atom is -0.351 e. The van der Waals surface area contributed by atoms with Crippen molar-refractivity contribution < 1.29 is 4.79 Å². The SMILES string of the molecule is O=C(NCc1ccc(Cl)cc1)C1CSCCS1. The minimum atomic E-state index is 0.112. The summed E-state index contributed by atoms with van der Waals surface area (Å²) in [7, 11) is 0. The highest BCUT2D eigenvalue weighted by Gasteiger charge is 2.21. The summed E-state index contributed by atoms with van der Waals surface area (Å²) in [5.41, 5.74) is 1.08. The molecule has 1 amide bonds. The summed E-state index contributed by atoms with van der Waals surface area (Å²) in [5, 5.41) is 3.81. The molecule has 0 aliphatic carbocycles. The standard InChI is InChI=1S/C12H14ClNOS2/c13-10-3-1-9(2-4-10)7-14-12(15)11-8-16-5-6-17-11/h1-4,11H,5-8H2,(H,14,15). The van der Waals surface area contributed by atoms with Gasteiger partial charge in [-0.3, -0.25) is 4.79 Å². The molecule has 1 unspecified atom stereocenters. The van der Waals surface area contributed by atoms with Gasteiger partial charge in [0.1, 0.15) is 0 Å². The lowest BCUT2D eigenvalue weighted by Crippen LogP contribution is -2.35. The van der Waals surface area contributed by atoms with Crippen LogP contribution in [0.15, 0.2) is 24.3 Å². The lowest BCUT2D eigenvalue weighted by Gasteiger charge is -2.20. The molecule has 0 aromatic heterocycles. The summed E-state index contributed by atoms with van der Waals surface area (Å²) in [4.78, 5) is 11.9. The Balaban J connectivity index is 1.81. The van der Waals surface area contributed by atoms with Gasteiger partial charge in [-0.2, -0.15) is 11.8 Å². The van der Waals surface area contributed by atoms with Crippen LogP contribution in [-0.2, 0) is 11.3 Å². The van der Waals surface area contributed by atoms with Crippen LogP contribution in [0.25, 0.3) is 0 Å². The summed E-state index contributed by atoms with van der Waals surface area (Å²) in [6, 6.07) is 7.55. The van der Waals surface area contributed by atoms with Crippen molar-refractivity contribution >= 4 is 41.0 Å². The van der Waals surface area contributed by atoms with Crippen LogP contribution in [0.5, 0.6) is 0 Å². The van der Waals surface area contributed by atoms with Gasteiger partial charge >= 0.3 is 0 Å². The molecule has 1 aromatic rings. The Morgan fingerprint density at radius 2 is 2.12 bits per heavy atom. The lowest BCUT2D eigenvalue weighted by atomic mass is 10.2. The summed E-state index contributed by atoms with van der Waals surface area (Å²) < 4.78 is 0. The first kappa shape index (κ1) is 13.1. The third kappa shape index (κ3) is 4.12. The first-order chi connectivity index (χ1) is 8.25. The molecule has 92 valence electrons. The van der Waals surface area contributed by atoms with Crippen molar-refractivity contribution in [1.29, 1.82) is 0 Å². The van der Waals surface area contributed by atoms with Crippen molar-refractivity contribution in [3.8, 4) is 0 Å². The van der Waals surface area contributed by atoms with E-state index in [2.05, 4.69) is 5.32 Å². The maximum absolute atomic E-state index is 11.9. The molecule has 1 atom stereocenters. The van der Waals surface area contributed by atoms with E-state index in [9.17, 15) is 4.79 Å². The first-order valence-corrected chi connectivity index (χ1v) is 8.05. The number of halogens is 1. The maximum atomic E-state index is 11.9. The van der Waals surface area contributed by atoms with Gasteiger partial charge in [0.15, 0.2) is 0 Å². The molecule has 1 aliphatic heterocycles. The molecule has 1 aliphatic rings. The Bertz CT molecular complexity index is 377. The van der Waals surface area contributed by atoms with Gasteiger partial charge in [-0.1, -0.05) is 23.7 Å². The van der Waals surface area contributed by atoms with Gasteiger partial charge in [0.2, 0.25) is 5.91 Å². The highest BCUT2D eigenvalue weighted by atomic mass is 35.5. The third-order valence-corrected chi connectivity index (χ3v) is 5.49. The summed E-state index contributed by atoms with van der Waals surface area (Å²) in [5.74, 6) is 3.31. The van der Waals surface area contributed by atoms with Crippen LogP contribution in [0.3, 0.4) is 0 Å². The van der Waals surface area contributed by atoms with Crippen molar-refractivity contribution in [3.63, 3.8) is 0 Å². The Morgan fingerprint density at radius 3 is 2.76 bits per heavy atom. The molecule has 2 nitrogen and oxygen atoms in total. The summed E-state index contributed by atoms with van der Waals surface area (Å²) in [6.45, 7) is 0.581. The van der Waals surface area contributed by atoms with Crippen molar-refractivity contribution in [1.82, 2.24) is 5.32 Å². The van der Waals surface area contributed by atoms with Crippen molar-refractivity contribution in [3.05, 3.63) is 34.9 Å². The van der Waals surface area contributed by atoms with E-state index >= 15 is 0 Å². The number of carbonyl (C=O) groups is 1. The zero-order chi connectivity index (χ0) is 12.1. The highest BCUT2D eigenvalue weighted by molar-refractivity contribution is 8.07. The van der Waals surface area contributed by atoms with E-state index in [-0.39, 0.29) is 11.2 Å². The number of amides is 1. The first-order valence-electron chi connectivity index (χ1n) is 5.47. The van der Waals surface area contributed by atoms with E-state index in [4.69, 9.17) is 11.6 Å². The van der Waals surface area contributed by atoms with Crippen LogP contribution in [-0.4, -0.2) is 28.4 Å². The molecule has 1 heterocycles. The fourth-order valence-corrected chi connectivity index (χ4v) is 4.25. The monoisotopic (exact) mass is 287 g/mol. The number of nitrogens with one attached hydrogen (secondary N) is 1. The normalized spacial score (nSPS) is 19.9. The van der Waals surface area contributed by atoms with E-state index in [0.717, 1.165) is 27.8 Å². The van der Waals surface area contributed by atoms with E-state index in [0.29, 0.717) is 6.54 Å². The van der Waals surface area contributed by atoms with E-state index < -0.39 is 0 Å². The van der Waals surface area contributed by atoms with Crippen LogP contribution in [0.2, 0.25) is 5.02 Å². The van der Waals surface area contributed by atoms with Crippen molar-refractivity contribution in [2.75, 3.05) is 17.3 Å². The van der Waals surface area contributed by atoms with Crippen LogP contribution in [0.1, 0.15) is 5.56 Å². The Morgan fingerprint density at radius 1 is 1.35 bits per heavy atom. The quantitative estimate of drug-likeness (QED) is 0.927. The predicted molar refractivity (Wildman–Crippen MR) is 76.9 cm³/mol. The number of carbonyl (C=O) groups excluding carboxylic acids is 1. The van der Waals surface area contributed by atoms with Gasteiger partial charge in [-0.05, 0) is 17.7 Å². The molecule has 1 aromatic carbocycles. The Labute approximate surface area is 115 Å². The van der Waals surface area contributed by atoms with Crippen molar-refractivity contribution in [2.24, 2.45) is 0 Å². The molecule has 0 radical (unpaired) electrons. The average molecular weight is 288 g/mol. The fourth-order valence-electron chi connectivity index (χ4n) is 1.54. The number of hydrogen-bond acceptors (Lipinski definition) is 3. The molecule has 0 bridgehead atoms. The smallest absolute Gasteiger partial charge is 0.234 e. The maximum Gasteiger partial charge on any atom is 0.234 e. The Hall–Kier alpha value is -0.320. The van der Waals surface area contributed by atoms with Crippen LogP contribution in [0.4, 0.5) is 0 Å². The van der Waals surface area contributed by atoms with Gasteiger partial charge in [-0.15, -0.1) is 11.8 Å². The summed E-state index contributed by atoms with van der Waals surface area (Å²) >= 11 is 9.41. The molecule has 1 fully saturated rings. The minimum absolute atomic E-state index is 0.112. The second kappa shape index (κ2) is 6.57. The van der Waals surface area contributed by atoms with Crippen LogP contribution >= 0.6 is 35.1 Å². The average Bonchev–Trinajstić information content (AvgIpc) is 2.39.